The zero-order valence-electron chi connectivity index (χ0n) is 11.1. The van der Waals surface area contributed by atoms with Gasteiger partial charge in [-0.3, -0.25) is 0 Å². The molecule has 2 N–H and O–H groups in total. The molecule has 0 aliphatic heterocycles. The average molecular weight is 250 g/mol. The Bertz CT molecular complexity index is 391. The highest BCUT2D eigenvalue weighted by Crippen LogP contribution is 2.26. The molecule has 0 saturated carbocycles. The molecule has 0 aromatic heterocycles. The van der Waals surface area contributed by atoms with Crippen molar-refractivity contribution in [2.24, 2.45) is 5.92 Å². The molecule has 1 rings (SSSR count). The number of rotatable bonds is 2. The van der Waals surface area contributed by atoms with Crippen molar-refractivity contribution in [1.29, 1.82) is 0 Å². The molecule has 0 radical (unpaired) electrons. The molecular formula is C15H22O3. The maximum absolute atomic E-state index is 11.0. The molecule has 0 heterocycles. The van der Waals surface area contributed by atoms with Gasteiger partial charge in [0, 0.05) is 11.5 Å². The van der Waals surface area contributed by atoms with Gasteiger partial charge in [0.2, 0.25) is 0 Å². The number of carboxylic acid groups (broad SMARTS) is 1. The van der Waals surface area contributed by atoms with Crippen LogP contribution >= 0.6 is 0 Å². The predicted octanol–water partition coefficient (Wildman–Crippen LogP) is 3.07. The van der Waals surface area contributed by atoms with Gasteiger partial charge in [0.1, 0.15) is 0 Å². The highest BCUT2D eigenvalue weighted by atomic mass is 16.4. The van der Waals surface area contributed by atoms with E-state index in [9.17, 15) is 9.90 Å². The lowest BCUT2D eigenvalue weighted by Gasteiger charge is -2.23. The normalized spacial score (nSPS) is 25.9. The first-order chi connectivity index (χ1) is 8.41. The summed E-state index contributed by atoms with van der Waals surface area (Å²) in [7, 11) is 0. The first-order valence-corrected chi connectivity index (χ1v) is 6.33. The van der Waals surface area contributed by atoms with Crippen molar-refractivity contribution < 1.29 is 15.0 Å². The molecule has 18 heavy (non-hydrogen) atoms. The topological polar surface area (TPSA) is 57.5 Å². The van der Waals surface area contributed by atoms with Gasteiger partial charge in [-0.25, -0.2) is 4.79 Å². The molecule has 0 saturated heterocycles. The highest BCUT2D eigenvalue weighted by molar-refractivity contribution is 5.86. The Labute approximate surface area is 109 Å². The predicted molar refractivity (Wildman–Crippen MR) is 72.3 cm³/mol. The van der Waals surface area contributed by atoms with Gasteiger partial charge in [-0.05, 0) is 39.5 Å². The van der Waals surface area contributed by atoms with Crippen LogP contribution in [0.2, 0.25) is 0 Å². The molecule has 2 atom stereocenters. The zero-order valence-corrected chi connectivity index (χ0v) is 11.1. The van der Waals surface area contributed by atoms with Crippen LogP contribution in [0.1, 0.15) is 39.5 Å². The lowest BCUT2D eigenvalue weighted by atomic mass is 9.86. The third-order valence-corrected chi connectivity index (χ3v) is 3.47. The van der Waals surface area contributed by atoms with E-state index in [2.05, 4.69) is 12.7 Å². The second-order valence-corrected chi connectivity index (χ2v) is 5.08. The summed E-state index contributed by atoms with van der Waals surface area (Å²) in [6.07, 6.45) is 6.50. The minimum Gasteiger partial charge on any atom is -0.478 e. The summed E-state index contributed by atoms with van der Waals surface area (Å²) in [5.41, 5.74) is 2.44. The van der Waals surface area contributed by atoms with Crippen molar-refractivity contribution in [1.82, 2.24) is 0 Å². The minimum absolute atomic E-state index is 0.0972. The van der Waals surface area contributed by atoms with Crippen LogP contribution in [0.5, 0.6) is 0 Å². The van der Waals surface area contributed by atoms with Gasteiger partial charge in [-0.1, -0.05) is 29.9 Å². The summed E-state index contributed by atoms with van der Waals surface area (Å²) in [6.45, 7) is 7.61. The van der Waals surface area contributed by atoms with Crippen LogP contribution in [0.25, 0.3) is 0 Å². The molecule has 100 valence electrons. The van der Waals surface area contributed by atoms with Crippen LogP contribution in [0.3, 0.4) is 0 Å². The molecule has 1 aliphatic carbocycles. The second kappa shape index (κ2) is 6.55. The van der Waals surface area contributed by atoms with Crippen LogP contribution in [0, 0.1) is 5.92 Å². The summed E-state index contributed by atoms with van der Waals surface area (Å²) < 4.78 is 0. The summed E-state index contributed by atoms with van der Waals surface area (Å²) in [5, 5.41) is 19.2. The standard InChI is InChI=1S/C15H22O3/c1-10-5-4-6-11(2)9-14(16)13(8-7-10)12(3)15(17)18/h6-7,13-14,16H,3-5,8-9H2,1-2H3,(H,17,18)/t13-,14+/m1/s1. The van der Waals surface area contributed by atoms with Gasteiger partial charge in [0.05, 0.1) is 6.10 Å². The van der Waals surface area contributed by atoms with Crippen molar-refractivity contribution in [3.63, 3.8) is 0 Å². The number of aliphatic hydroxyl groups excluding tert-OH is 1. The Morgan fingerprint density at radius 3 is 2.61 bits per heavy atom. The van der Waals surface area contributed by atoms with E-state index in [0.29, 0.717) is 12.8 Å². The summed E-state index contributed by atoms with van der Waals surface area (Å²) in [6, 6.07) is 0. The molecule has 0 unspecified atom stereocenters. The largest absolute Gasteiger partial charge is 0.478 e. The van der Waals surface area contributed by atoms with Crippen LogP contribution in [0.4, 0.5) is 0 Å². The van der Waals surface area contributed by atoms with E-state index in [1.807, 2.05) is 19.9 Å². The van der Waals surface area contributed by atoms with Gasteiger partial charge in [-0.15, -0.1) is 0 Å². The number of hydrogen-bond donors (Lipinski definition) is 2. The first-order valence-electron chi connectivity index (χ1n) is 6.33. The van der Waals surface area contributed by atoms with E-state index < -0.39 is 18.0 Å². The van der Waals surface area contributed by atoms with Gasteiger partial charge in [-0.2, -0.15) is 0 Å². The van der Waals surface area contributed by atoms with Gasteiger partial charge >= 0.3 is 5.97 Å². The SMILES string of the molecule is C=C(C(=O)O)[C@H]1CC=C(C)CCC=C(C)C[C@@H]1O. The second-order valence-electron chi connectivity index (χ2n) is 5.08. The molecular weight excluding hydrogens is 228 g/mol. The van der Waals surface area contributed by atoms with E-state index in [0.717, 1.165) is 18.4 Å². The smallest absolute Gasteiger partial charge is 0.331 e. The maximum atomic E-state index is 11.0. The number of allylic oxidation sites excluding steroid dienone is 3. The van der Waals surface area contributed by atoms with Crippen molar-refractivity contribution in [2.45, 2.75) is 45.6 Å². The third-order valence-electron chi connectivity index (χ3n) is 3.47. The Balaban J connectivity index is 2.94. The van der Waals surface area contributed by atoms with E-state index in [1.54, 1.807) is 0 Å². The van der Waals surface area contributed by atoms with E-state index in [-0.39, 0.29) is 5.57 Å². The number of aliphatic carboxylic acids is 1. The third kappa shape index (κ3) is 4.15. The molecule has 0 spiro atoms. The van der Waals surface area contributed by atoms with E-state index >= 15 is 0 Å². The highest BCUT2D eigenvalue weighted by Gasteiger charge is 2.25. The monoisotopic (exact) mass is 250 g/mol. The molecule has 3 nitrogen and oxygen atoms in total. The number of aliphatic hydroxyl groups is 1. The van der Waals surface area contributed by atoms with Crippen LogP contribution in [0.15, 0.2) is 35.5 Å². The fraction of sp³-hybridized carbons (Fsp3) is 0.533. The van der Waals surface area contributed by atoms with Gasteiger partial charge < -0.3 is 10.2 Å². The van der Waals surface area contributed by atoms with Crippen LogP contribution in [-0.4, -0.2) is 22.3 Å². The molecule has 0 fully saturated rings. The van der Waals surface area contributed by atoms with Crippen molar-refractivity contribution >= 4 is 5.97 Å². The fourth-order valence-corrected chi connectivity index (χ4v) is 2.22. The molecule has 1 aliphatic rings. The quantitative estimate of drug-likeness (QED) is 0.585. The summed E-state index contributed by atoms with van der Waals surface area (Å²) in [4.78, 5) is 11.0. The molecule has 0 aromatic carbocycles. The van der Waals surface area contributed by atoms with Crippen molar-refractivity contribution in [2.75, 3.05) is 0 Å². The minimum atomic E-state index is -1.02. The van der Waals surface area contributed by atoms with E-state index in [1.165, 1.54) is 5.57 Å². The lowest BCUT2D eigenvalue weighted by molar-refractivity contribution is -0.133. The Morgan fingerprint density at radius 1 is 1.33 bits per heavy atom. The molecule has 0 bridgehead atoms. The number of carboxylic acids is 1. The number of hydrogen-bond acceptors (Lipinski definition) is 2. The lowest BCUT2D eigenvalue weighted by Crippen LogP contribution is -2.25. The zero-order chi connectivity index (χ0) is 13.7. The average Bonchev–Trinajstić information content (AvgIpc) is 2.27. The molecule has 0 aromatic rings. The fourth-order valence-electron chi connectivity index (χ4n) is 2.22. The van der Waals surface area contributed by atoms with Crippen molar-refractivity contribution in [3.8, 4) is 0 Å². The maximum Gasteiger partial charge on any atom is 0.331 e. The van der Waals surface area contributed by atoms with Gasteiger partial charge in [0.25, 0.3) is 0 Å². The van der Waals surface area contributed by atoms with Crippen LogP contribution < -0.4 is 0 Å². The molecule has 3 heteroatoms. The summed E-state index contributed by atoms with van der Waals surface area (Å²) >= 11 is 0. The van der Waals surface area contributed by atoms with Crippen LogP contribution in [-0.2, 0) is 4.79 Å². The van der Waals surface area contributed by atoms with Crippen molar-refractivity contribution in [3.05, 3.63) is 35.5 Å². The molecule has 0 amide bonds. The number of carbonyl (C=O) groups is 1. The first kappa shape index (κ1) is 14.7. The van der Waals surface area contributed by atoms with E-state index in [4.69, 9.17) is 5.11 Å². The summed E-state index contributed by atoms with van der Waals surface area (Å²) in [5.74, 6) is -1.43. The Morgan fingerprint density at radius 2 is 2.00 bits per heavy atom. The Kier molecular flexibility index (Phi) is 5.35. The van der Waals surface area contributed by atoms with Gasteiger partial charge in [0.15, 0.2) is 0 Å². The Hall–Kier alpha value is -1.35.